The number of esters is 2. The summed E-state index contributed by atoms with van der Waals surface area (Å²) in [6, 6.07) is 10.8. The lowest BCUT2D eigenvalue weighted by atomic mass is 10.1. The Morgan fingerprint density at radius 3 is 2.48 bits per heavy atom. The third kappa shape index (κ3) is 3.25. The monoisotopic (exact) mass is 361 g/mol. The maximum absolute atomic E-state index is 12.3. The van der Waals surface area contributed by atoms with Crippen LogP contribution in [-0.2, 0) is 9.53 Å². The largest absolute Gasteiger partial charge is 0.386 e. The Balaban J connectivity index is 1.45. The number of pyridine rings is 1. The lowest BCUT2D eigenvalue weighted by molar-refractivity contribution is -0.125. The van der Waals surface area contributed by atoms with Crippen molar-refractivity contribution >= 4 is 23.7 Å². The second-order valence-electron chi connectivity index (χ2n) is 6.13. The van der Waals surface area contributed by atoms with Gasteiger partial charge in [0.05, 0.1) is 5.56 Å². The van der Waals surface area contributed by atoms with Crippen molar-refractivity contribution < 1.29 is 19.1 Å². The third-order valence-electron chi connectivity index (χ3n) is 4.49. The van der Waals surface area contributed by atoms with Gasteiger partial charge in [0, 0.05) is 43.9 Å². The number of carbonyl (C=O) groups is 3. The molecule has 1 aromatic heterocycles. The van der Waals surface area contributed by atoms with E-state index in [0.29, 0.717) is 32.0 Å². The number of ether oxygens (including phenoxy) is 1. The Labute approximate surface area is 155 Å². The number of nitrogens with zero attached hydrogens (tertiary/aromatic N) is 3. The summed E-state index contributed by atoms with van der Waals surface area (Å²) in [5.74, 6) is 4.39. The Morgan fingerprint density at radius 1 is 1.00 bits per heavy atom. The number of cyclic esters (lactones) is 2. The number of anilines is 1. The molecule has 7 heteroatoms. The highest BCUT2D eigenvalue weighted by Gasteiger charge is 2.35. The van der Waals surface area contributed by atoms with Crippen molar-refractivity contribution in [2.45, 2.75) is 0 Å². The minimum Gasteiger partial charge on any atom is -0.386 e. The molecular weight excluding hydrogens is 346 g/mol. The van der Waals surface area contributed by atoms with Crippen LogP contribution in [-0.4, -0.2) is 53.9 Å². The summed E-state index contributed by atoms with van der Waals surface area (Å²) in [7, 11) is 0. The average molecular weight is 361 g/mol. The van der Waals surface area contributed by atoms with Crippen LogP contribution in [0.1, 0.15) is 26.3 Å². The minimum absolute atomic E-state index is 0.200. The summed E-state index contributed by atoms with van der Waals surface area (Å²) in [5.41, 5.74) is 1.22. The molecule has 0 aliphatic carbocycles. The number of piperazine rings is 1. The summed E-state index contributed by atoms with van der Waals surface area (Å²) in [4.78, 5) is 43.7. The van der Waals surface area contributed by atoms with Crippen LogP contribution in [0.5, 0.6) is 0 Å². The van der Waals surface area contributed by atoms with Gasteiger partial charge in [0.2, 0.25) is 0 Å². The van der Waals surface area contributed by atoms with E-state index in [9.17, 15) is 14.4 Å². The van der Waals surface area contributed by atoms with Gasteiger partial charge in [0.25, 0.3) is 5.91 Å². The quantitative estimate of drug-likeness (QED) is 0.430. The number of hydrogen-bond donors (Lipinski definition) is 0. The van der Waals surface area contributed by atoms with Crippen molar-refractivity contribution in [3.05, 3.63) is 59.3 Å². The molecule has 0 spiro atoms. The van der Waals surface area contributed by atoms with Crippen molar-refractivity contribution in [3.8, 4) is 11.8 Å². The zero-order valence-corrected chi connectivity index (χ0v) is 14.3. The molecule has 7 nitrogen and oxygen atoms in total. The van der Waals surface area contributed by atoms with Crippen molar-refractivity contribution in [1.29, 1.82) is 0 Å². The van der Waals surface area contributed by atoms with E-state index in [1.165, 1.54) is 12.3 Å². The van der Waals surface area contributed by atoms with E-state index >= 15 is 0 Å². The Kier molecular flexibility index (Phi) is 4.30. The lowest BCUT2D eigenvalue weighted by Gasteiger charge is -2.34. The number of aromatic nitrogens is 1. The van der Waals surface area contributed by atoms with E-state index in [1.807, 2.05) is 35.2 Å². The van der Waals surface area contributed by atoms with Gasteiger partial charge in [-0.15, -0.1) is 0 Å². The predicted octanol–water partition coefficient (Wildman–Crippen LogP) is 1.09. The van der Waals surface area contributed by atoms with Crippen LogP contribution in [0, 0.1) is 11.8 Å². The molecule has 1 fully saturated rings. The molecule has 2 aromatic rings. The molecule has 0 saturated carbocycles. The molecule has 1 saturated heterocycles. The second kappa shape index (κ2) is 6.92. The van der Waals surface area contributed by atoms with Crippen molar-refractivity contribution in [1.82, 2.24) is 9.88 Å². The van der Waals surface area contributed by atoms with Crippen LogP contribution in [0.15, 0.2) is 42.6 Å². The lowest BCUT2D eigenvalue weighted by Crippen LogP contribution is -2.49. The molecule has 1 aromatic carbocycles. The molecule has 134 valence electrons. The number of amides is 1. The van der Waals surface area contributed by atoms with Crippen molar-refractivity contribution in [2.75, 3.05) is 31.1 Å². The Bertz CT molecular complexity index is 983. The first kappa shape index (κ1) is 16.8. The molecule has 0 atom stereocenters. The second-order valence-corrected chi connectivity index (χ2v) is 6.13. The molecule has 0 radical (unpaired) electrons. The zero-order valence-electron chi connectivity index (χ0n) is 14.3. The van der Waals surface area contributed by atoms with Gasteiger partial charge >= 0.3 is 11.9 Å². The number of carbonyl (C=O) groups excluding carboxylic acids is 3. The fraction of sp³-hybridized carbons (Fsp3) is 0.200. The van der Waals surface area contributed by atoms with Crippen LogP contribution >= 0.6 is 0 Å². The van der Waals surface area contributed by atoms with Crippen LogP contribution in [0.2, 0.25) is 0 Å². The highest BCUT2D eigenvalue weighted by atomic mass is 16.6. The molecule has 3 heterocycles. The summed E-state index contributed by atoms with van der Waals surface area (Å²) in [5, 5.41) is 0. The molecule has 27 heavy (non-hydrogen) atoms. The maximum Gasteiger partial charge on any atom is 0.350 e. The highest BCUT2D eigenvalue weighted by Crippen LogP contribution is 2.28. The van der Waals surface area contributed by atoms with Crippen LogP contribution < -0.4 is 4.90 Å². The van der Waals surface area contributed by atoms with Crippen LogP contribution in [0.3, 0.4) is 0 Å². The number of rotatable bonds is 1. The zero-order chi connectivity index (χ0) is 18.8. The number of fused-ring (bicyclic) bond motifs is 1. The fourth-order valence-corrected chi connectivity index (χ4v) is 3.10. The van der Waals surface area contributed by atoms with E-state index in [4.69, 9.17) is 0 Å². The number of benzene rings is 1. The smallest absolute Gasteiger partial charge is 0.350 e. The Morgan fingerprint density at radius 2 is 1.74 bits per heavy atom. The van der Waals surface area contributed by atoms with Gasteiger partial charge in [-0.2, -0.15) is 0 Å². The first-order valence-corrected chi connectivity index (χ1v) is 8.50. The minimum atomic E-state index is -0.676. The molecule has 0 bridgehead atoms. The molecule has 0 unspecified atom stereocenters. The van der Waals surface area contributed by atoms with Gasteiger partial charge in [0.1, 0.15) is 11.4 Å². The first-order valence-electron chi connectivity index (χ1n) is 8.50. The Hall–Kier alpha value is -3.66. The maximum atomic E-state index is 12.3. The summed E-state index contributed by atoms with van der Waals surface area (Å²) in [6.45, 7) is 1.89. The van der Waals surface area contributed by atoms with E-state index in [0.717, 1.165) is 5.56 Å². The topological polar surface area (TPSA) is 79.8 Å². The van der Waals surface area contributed by atoms with E-state index in [2.05, 4.69) is 21.6 Å². The van der Waals surface area contributed by atoms with Gasteiger partial charge in [-0.1, -0.05) is 24.1 Å². The SMILES string of the molecule is O=C1OC(=O)c2c1ccnc2N1CCN(C(=O)C#Cc2ccccc2)CC1. The van der Waals surface area contributed by atoms with Crippen LogP contribution in [0.25, 0.3) is 0 Å². The highest BCUT2D eigenvalue weighted by molar-refractivity contribution is 6.17. The summed E-state index contributed by atoms with van der Waals surface area (Å²) < 4.78 is 4.67. The molecule has 2 aliphatic rings. The summed E-state index contributed by atoms with van der Waals surface area (Å²) >= 11 is 0. The van der Waals surface area contributed by atoms with Gasteiger partial charge < -0.3 is 14.5 Å². The molecule has 1 amide bonds. The van der Waals surface area contributed by atoms with Gasteiger partial charge in [-0.05, 0) is 18.2 Å². The average Bonchev–Trinajstić information content (AvgIpc) is 3.01. The predicted molar refractivity (Wildman–Crippen MR) is 96.1 cm³/mol. The van der Waals surface area contributed by atoms with Crippen molar-refractivity contribution in [2.24, 2.45) is 0 Å². The third-order valence-corrected chi connectivity index (χ3v) is 4.49. The van der Waals surface area contributed by atoms with Gasteiger partial charge in [-0.25, -0.2) is 14.6 Å². The standard InChI is InChI=1S/C20H15N3O4/c24-16(7-6-14-4-2-1-3-5-14)22-10-12-23(13-11-22)18-17-15(8-9-21-18)19(25)27-20(17)26/h1-5,8-9H,10-13H2. The summed E-state index contributed by atoms with van der Waals surface area (Å²) in [6.07, 6.45) is 1.48. The molecule has 4 rings (SSSR count). The van der Waals surface area contributed by atoms with E-state index < -0.39 is 11.9 Å². The normalized spacial score (nSPS) is 15.7. The van der Waals surface area contributed by atoms with E-state index in [-0.39, 0.29) is 17.0 Å². The van der Waals surface area contributed by atoms with Crippen molar-refractivity contribution in [3.63, 3.8) is 0 Å². The van der Waals surface area contributed by atoms with Gasteiger partial charge in [-0.3, -0.25) is 4.79 Å². The van der Waals surface area contributed by atoms with Gasteiger partial charge in [0.15, 0.2) is 0 Å². The molecular formula is C20H15N3O4. The van der Waals surface area contributed by atoms with E-state index in [1.54, 1.807) is 4.90 Å². The molecule has 2 aliphatic heterocycles. The first-order chi connectivity index (χ1) is 13.1. The van der Waals surface area contributed by atoms with Crippen LogP contribution in [0.4, 0.5) is 5.82 Å². The fourth-order valence-electron chi connectivity index (χ4n) is 3.10. The molecule has 0 N–H and O–H groups in total. The number of hydrogen-bond acceptors (Lipinski definition) is 6.